The lowest BCUT2D eigenvalue weighted by molar-refractivity contribution is -0.350. The molecule has 3 N–H and O–H groups in total. The SMILES string of the molecule is OCC[C@@H]1C[C@H](O)[C@@H](O)[C@@]2(OCCCc3cc(Cl)ccc32)O1. The quantitative estimate of drug-likeness (QED) is 0.763. The first-order valence-corrected chi connectivity index (χ1v) is 8.02. The zero-order chi connectivity index (χ0) is 15.7. The first-order valence-electron chi connectivity index (χ1n) is 7.64. The van der Waals surface area contributed by atoms with E-state index in [4.69, 9.17) is 26.2 Å². The van der Waals surface area contributed by atoms with Crippen molar-refractivity contribution in [3.8, 4) is 0 Å². The average Bonchev–Trinajstić information content (AvgIpc) is 2.65. The molecular formula is C16H21ClO5. The molecule has 3 rings (SSSR count). The summed E-state index contributed by atoms with van der Waals surface area (Å²) in [6, 6.07) is 5.38. The third-order valence-corrected chi connectivity index (χ3v) is 4.64. The molecule has 4 atom stereocenters. The molecule has 22 heavy (non-hydrogen) atoms. The minimum Gasteiger partial charge on any atom is -0.396 e. The first kappa shape index (κ1) is 16.2. The van der Waals surface area contributed by atoms with Crippen LogP contribution in [0.1, 0.15) is 30.4 Å². The van der Waals surface area contributed by atoms with Crippen molar-refractivity contribution in [3.05, 3.63) is 34.3 Å². The fourth-order valence-electron chi connectivity index (χ4n) is 3.35. The van der Waals surface area contributed by atoms with E-state index in [1.54, 1.807) is 12.1 Å². The van der Waals surface area contributed by atoms with Crippen molar-refractivity contribution in [2.24, 2.45) is 0 Å². The molecule has 1 spiro atoms. The van der Waals surface area contributed by atoms with E-state index in [1.807, 2.05) is 6.07 Å². The molecule has 0 saturated carbocycles. The number of hydrogen-bond donors (Lipinski definition) is 3. The second-order valence-electron chi connectivity index (χ2n) is 5.92. The standard InChI is InChI=1S/C16H21ClO5/c17-11-3-4-13-10(8-11)2-1-7-21-16(13)15(20)14(19)9-12(22-16)5-6-18/h3-4,8,12,14-15,18-20H,1-2,5-7,9H2/t12-,14+,15-,16+/m1/s1. The van der Waals surface area contributed by atoms with Crippen LogP contribution in [0.2, 0.25) is 5.02 Å². The van der Waals surface area contributed by atoms with Gasteiger partial charge in [-0.2, -0.15) is 0 Å². The minimum absolute atomic E-state index is 0.0446. The van der Waals surface area contributed by atoms with E-state index in [1.165, 1.54) is 0 Å². The maximum Gasteiger partial charge on any atom is 0.224 e. The lowest BCUT2D eigenvalue weighted by atomic mass is 9.86. The zero-order valence-electron chi connectivity index (χ0n) is 12.2. The summed E-state index contributed by atoms with van der Waals surface area (Å²) in [5.41, 5.74) is 1.67. The monoisotopic (exact) mass is 328 g/mol. The molecule has 0 aliphatic carbocycles. The van der Waals surface area contributed by atoms with Crippen LogP contribution in [0.3, 0.4) is 0 Å². The van der Waals surface area contributed by atoms with Crippen molar-refractivity contribution >= 4 is 11.6 Å². The van der Waals surface area contributed by atoms with Crippen LogP contribution < -0.4 is 0 Å². The Bertz CT molecular complexity index is 537. The predicted octanol–water partition coefficient (Wildman–Crippen LogP) is 1.35. The largest absolute Gasteiger partial charge is 0.396 e. The van der Waals surface area contributed by atoms with Gasteiger partial charge in [0.25, 0.3) is 0 Å². The first-order chi connectivity index (χ1) is 10.6. The van der Waals surface area contributed by atoms with Gasteiger partial charge in [-0.25, -0.2) is 0 Å². The number of aryl methyl sites for hydroxylation is 1. The summed E-state index contributed by atoms with van der Waals surface area (Å²) in [7, 11) is 0. The van der Waals surface area contributed by atoms with Gasteiger partial charge in [0.05, 0.1) is 18.8 Å². The summed E-state index contributed by atoms with van der Waals surface area (Å²) in [5, 5.41) is 30.6. The molecule has 0 bridgehead atoms. The molecule has 1 fully saturated rings. The van der Waals surface area contributed by atoms with Gasteiger partial charge in [0.1, 0.15) is 6.10 Å². The summed E-state index contributed by atoms with van der Waals surface area (Å²) in [4.78, 5) is 0. The number of aliphatic hydroxyl groups excluding tert-OH is 3. The van der Waals surface area contributed by atoms with Crippen LogP contribution in [0, 0.1) is 0 Å². The van der Waals surface area contributed by atoms with E-state index < -0.39 is 18.0 Å². The Kier molecular flexibility index (Phi) is 4.73. The van der Waals surface area contributed by atoms with Gasteiger partial charge in [0.15, 0.2) is 0 Å². The van der Waals surface area contributed by atoms with E-state index in [9.17, 15) is 10.2 Å². The molecule has 0 aromatic heterocycles. The summed E-state index contributed by atoms with van der Waals surface area (Å²) in [5.74, 6) is -1.39. The number of fused-ring (bicyclic) bond motifs is 2. The lowest BCUT2D eigenvalue weighted by Gasteiger charge is -2.46. The van der Waals surface area contributed by atoms with Crippen LogP contribution in [-0.2, 0) is 21.7 Å². The maximum absolute atomic E-state index is 10.6. The van der Waals surface area contributed by atoms with Gasteiger partial charge in [-0.1, -0.05) is 17.7 Å². The highest BCUT2D eigenvalue weighted by atomic mass is 35.5. The Hall–Kier alpha value is -0.690. The maximum atomic E-state index is 10.6. The highest BCUT2D eigenvalue weighted by molar-refractivity contribution is 6.30. The zero-order valence-corrected chi connectivity index (χ0v) is 13.0. The Morgan fingerprint density at radius 2 is 2.14 bits per heavy atom. The summed E-state index contributed by atoms with van der Waals surface area (Å²) < 4.78 is 11.9. The molecule has 5 nitrogen and oxygen atoms in total. The predicted molar refractivity (Wildman–Crippen MR) is 80.6 cm³/mol. The molecule has 2 aliphatic rings. The number of ether oxygens (including phenoxy) is 2. The second kappa shape index (κ2) is 6.43. The van der Waals surface area contributed by atoms with Crippen LogP contribution >= 0.6 is 11.6 Å². The molecule has 6 heteroatoms. The van der Waals surface area contributed by atoms with Gasteiger partial charge < -0.3 is 24.8 Å². The van der Waals surface area contributed by atoms with Crippen molar-refractivity contribution in [3.63, 3.8) is 0 Å². The third-order valence-electron chi connectivity index (χ3n) is 4.40. The van der Waals surface area contributed by atoms with Crippen molar-refractivity contribution in [2.45, 2.75) is 49.8 Å². The van der Waals surface area contributed by atoms with Crippen molar-refractivity contribution in [1.29, 1.82) is 0 Å². The smallest absolute Gasteiger partial charge is 0.224 e. The second-order valence-corrected chi connectivity index (χ2v) is 6.36. The molecule has 0 radical (unpaired) electrons. The highest BCUT2D eigenvalue weighted by Gasteiger charge is 2.52. The topological polar surface area (TPSA) is 79.2 Å². The van der Waals surface area contributed by atoms with E-state index in [0.717, 1.165) is 18.4 Å². The Morgan fingerprint density at radius 3 is 2.91 bits per heavy atom. The molecular weight excluding hydrogens is 308 g/mol. The normalized spacial score (nSPS) is 35.2. The fourth-order valence-corrected chi connectivity index (χ4v) is 3.55. The number of halogens is 1. The van der Waals surface area contributed by atoms with Crippen LogP contribution in [0.4, 0.5) is 0 Å². The number of benzene rings is 1. The molecule has 0 unspecified atom stereocenters. The van der Waals surface area contributed by atoms with E-state index in [-0.39, 0.29) is 19.1 Å². The average molecular weight is 329 g/mol. The molecule has 1 saturated heterocycles. The number of rotatable bonds is 2. The molecule has 0 amide bonds. The van der Waals surface area contributed by atoms with Gasteiger partial charge in [-0.3, -0.25) is 0 Å². The number of aliphatic hydroxyl groups is 3. The van der Waals surface area contributed by atoms with Gasteiger partial charge in [-0.05, 0) is 37.0 Å². The van der Waals surface area contributed by atoms with Crippen molar-refractivity contribution < 1.29 is 24.8 Å². The fraction of sp³-hybridized carbons (Fsp3) is 0.625. The Balaban J connectivity index is 2.05. The molecule has 122 valence electrons. The number of hydrogen-bond acceptors (Lipinski definition) is 5. The van der Waals surface area contributed by atoms with Gasteiger partial charge in [0, 0.05) is 23.6 Å². The lowest BCUT2D eigenvalue weighted by Crippen LogP contribution is -2.57. The van der Waals surface area contributed by atoms with Crippen molar-refractivity contribution in [1.82, 2.24) is 0 Å². The van der Waals surface area contributed by atoms with Crippen molar-refractivity contribution in [2.75, 3.05) is 13.2 Å². The Labute approximate surface area is 134 Å². The van der Waals surface area contributed by atoms with Gasteiger partial charge in [-0.15, -0.1) is 0 Å². The third kappa shape index (κ3) is 2.77. The van der Waals surface area contributed by atoms with Crippen LogP contribution in [0.5, 0.6) is 0 Å². The summed E-state index contributed by atoms with van der Waals surface area (Å²) in [6.45, 7) is 0.374. The highest BCUT2D eigenvalue weighted by Crippen LogP contribution is 2.43. The van der Waals surface area contributed by atoms with Crippen LogP contribution in [0.15, 0.2) is 18.2 Å². The summed E-state index contributed by atoms with van der Waals surface area (Å²) in [6.07, 6.45) is -0.300. The van der Waals surface area contributed by atoms with E-state index in [2.05, 4.69) is 0 Å². The molecule has 1 aromatic carbocycles. The minimum atomic E-state index is -1.39. The van der Waals surface area contributed by atoms with E-state index >= 15 is 0 Å². The Morgan fingerprint density at radius 1 is 1.32 bits per heavy atom. The summed E-state index contributed by atoms with van der Waals surface area (Å²) >= 11 is 6.07. The molecule has 1 aromatic rings. The van der Waals surface area contributed by atoms with E-state index in [0.29, 0.717) is 23.6 Å². The molecule has 2 aliphatic heterocycles. The van der Waals surface area contributed by atoms with Gasteiger partial charge >= 0.3 is 0 Å². The molecule has 2 heterocycles. The van der Waals surface area contributed by atoms with Crippen LogP contribution in [-0.4, -0.2) is 46.8 Å². The van der Waals surface area contributed by atoms with Gasteiger partial charge in [0.2, 0.25) is 5.79 Å². The van der Waals surface area contributed by atoms with Crippen LogP contribution in [0.25, 0.3) is 0 Å².